The van der Waals surface area contributed by atoms with Crippen LogP contribution in [0.3, 0.4) is 0 Å². The molecule has 0 bridgehead atoms. The number of anilines is 1. The summed E-state index contributed by atoms with van der Waals surface area (Å²) in [6, 6.07) is 7.51. The molecule has 30 heavy (non-hydrogen) atoms. The van der Waals surface area contributed by atoms with Gasteiger partial charge in [-0.15, -0.1) is 0 Å². The van der Waals surface area contributed by atoms with Crippen LogP contribution in [0.15, 0.2) is 46.0 Å². The zero-order chi connectivity index (χ0) is 22.3. The molecule has 0 aliphatic heterocycles. The van der Waals surface area contributed by atoms with Gasteiger partial charge in [0.05, 0.1) is 17.8 Å². The Morgan fingerprint density at radius 3 is 2.43 bits per heavy atom. The van der Waals surface area contributed by atoms with E-state index in [2.05, 4.69) is 11.8 Å². The van der Waals surface area contributed by atoms with Gasteiger partial charge in [0.15, 0.2) is 0 Å². The van der Waals surface area contributed by atoms with Crippen LogP contribution in [0.2, 0.25) is 0 Å². The first-order valence-corrected chi connectivity index (χ1v) is 11.4. The van der Waals surface area contributed by atoms with Gasteiger partial charge in [-0.1, -0.05) is 48.7 Å². The van der Waals surface area contributed by atoms with E-state index in [9.17, 15) is 4.79 Å². The molecule has 0 saturated heterocycles. The standard InChI is InChI=1S/C24H34Cl2N2O2/c1-6-10-22(27(4)16-19(18(3)26)15-17(2)25)24(29)28(5)21-13-7-8-14-23(21)30-20-11-9-12-20/h7-8,13-15,20,22H,6,9-12,16H2,1-5H3. The highest BCUT2D eigenvalue weighted by atomic mass is 35.5. The average molecular weight is 453 g/mol. The summed E-state index contributed by atoms with van der Waals surface area (Å²) in [6.45, 7) is 6.30. The second kappa shape index (κ2) is 11.8. The van der Waals surface area contributed by atoms with E-state index < -0.39 is 0 Å². The number of halogens is 2. The maximum atomic E-state index is 13.5. The third kappa shape index (κ3) is 6.76. The van der Waals surface area contributed by atoms with E-state index in [1.807, 2.05) is 58.3 Å². The monoisotopic (exact) mass is 452 g/mol. The first-order chi connectivity index (χ1) is 14.2. The molecular weight excluding hydrogens is 419 g/mol. The molecule has 1 fully saturated rings. The second-order valence-electron chi connectivity index (χ2n) is 8.05. The van der Waals surface area contributed by atoms with Crippen LogP contribution in [0.1, 0.15) is 52.9 Å². The summed E-state index contributed by atoms with van der Waals surface area (Å²) in [4.78, 5) is 17.3. The zero-order valence-corrected chi connectivity index (χ0v) is 20.3. The molecule has 1 unspecified atom stereocenters. The van der Waals surface area contributed by atoms with E-state index in [0.717, 1.165) is 42.7 Å². The smallest absolute Gasteiger partial charge is 0.244 e. The molecule has 0 N–H and O–H groups in total. The quantitative estimate of drug-likeness (QED) is 0.388. The highest BCUT2D eigenvalue weighted by Crippen LogP contribution is 2.33. The van der Waals surface area contributed by atoms with Crippen molar-refractivity contribution in [2.75, 3.05) is 25.5 Å². The Labute approximate surface area is 191 Å². The molecule has 2 rings (SSSR count). The molecule has 0 spiro atoms. The summed E-state index contributed by atoms with van der Waals surface area (Å²) in [7, 11) is 3.79. The fourth-order valence-corrected chi connectivity index (χ4v) is 3.77. The van der Waals surface area contributed by atoms with Crippen LogP contribution >= 0.6 is 23.2 Å². The van der Waals surface area contributed by atoms with E-state index >= 15 is 0 Å². The Hall–Kier alpha value is -1.49. The normalized spacial score (nSPS) is 16.7. The molecule has 0 radical (unpaired) electrons. The van der Waals surface area contributed by atoms with E-state index in [4.69, 9.17) is 27.9 Å². The lowest BCUT2D eigenvalue weighted by Crippen LogP contribution is -2.46. The number of nitrogens with zero attached hydrogens (tertiary/aromatic N) is 2. The molecule has 1 aromatic rings. The van der Waals surface area contributed by atoms with Crippen molar-refractivity contribution >= 4 is 34.8 Å². The minimum Gasteiger partial charge on any atom is -0.488 e. The van der Waals surface area contributed by atoms with Crippen LogP contribution in [0.5, 0.6) is 5.75 Å². The minimum atomic E-state index is -0.271. The fourth-order valence-electron chi connectivity index (χ4n) is 3.52. The predicted molar refractivity (Wildman–Crippen MR) is 128 cm³/mol. The van der Waals surface area contributed by atoms with Gasteiger partial charge < -0.3 is 9.64 Å². The summed E-state index contributed by atoms with van der Waals surface area (Å²) in [6.07, 6.45) is 7.13. The lowest BCUT2D eigenvalue weighted by atomic mass is 9.96. The third-order valence-electron chi connectivity index (χ3n) is 5.52. The van der Waals surface area contributed by atoms with Gasteiger partial charge in [-0.3, -0.25) is 9.69 Å². The van der Waals surface area contributed by atoms with Crippen LogP contribution in [0.25, 0.3) is 0 Å². The van der Waals surface area contributed by atoms with Gasteiger partial charge in [0, 0.05) is 23.7 Å². The average Bonchev–Trinajstić information content (AvgIpc) is 2.67. The first kappa shape index (κ1) is 24.8. The largest absolute Gasteiger partial charge is 0.488 e. The Kier molecular flexibility index (Phi) is 9.73. The number of rotatable bonds is 10. The number of carbonyl (C=O) groups is 1. The SMILES string of the molecule is CCCC(C(=O)N(C)c1ccccc1OC1CCC1)N(C)CC(C=C(C)Cl)=C(C)Cl. The Morgan fingerprint density at radius 1 is 1.23 bits per heavy atom. The maximum absolute atomic E-state index is 13.5. The zero-order valence-electron chi connectivity index (χ0n) is 18.8. The highest BCUT2D eigenvalue weighted by Gasteiger charge is 2.29. The summed E-state index contributed by atoms with van der Waals surface area (Å²) in [5, 5.41) is 1.34. The Bertz CT molecular complexity index is 779. The molecular formula is C24H34Cl2N2O2. The van der Waals surface area contributed by atoms with Gasteiger partial charge in [0.2, 0.25) is 5.91 Å². The molecule has 4 nitrogen and oxygen atoms in total. The number of para-hydroxylation sites is 2. The third-order valence-corrected chi connectivity index (χ3v) is 5.87. The van der Waals surface area contributed by atoms with Gasteiger partial charge in [0.25, 0.3) is 0 Å². The van der Waals surface area contributed by atoms with Crippen molar-refractivity contribution in [3.05, 3.63) is 46.0 Å². The predicted octanol–water partition coefficient (Wildman–Crippen LogP) is 6.34. The molecule has 0 aromatic heterocycles. The first-order valence-electron chi connectivity index (χ1n) is 10.7. The van der Waals surface area contributed by atoms with Crippen molar-refractivity contribution in [1.82, 2.24) is 4.90 Å². The van der Waals surface area contributed by atoms with Crippen molar-refractivity contribution in [3.8, 4) is 5.75 Å². The molecule has 1 amide bonds. The molecule has 0 heterocycles. The van der Waals surface area contributed by atoms with Crippen molar-refractivity contribution in [2.45, 2.75) is 65.0 Å². The fraction of sp³-hybridized carbons (Fsp3) is 0.542. The molecule has 1 saturated carbocycles. The Morgan fingerprint density at radius 2 is 1.90 bits per heavy atom. The van der Waals surface area contributed by atoms with Gasteiger partial charge in [-0.2, -0.15) is 0 Å². The molecule has 166 valence electrons. The summed E-state index contributed by atoms with van der Waals surface area (Å²) < 4.78 is 6.14. The summed E-state index contributed by atoms with van der Waals surface area (Å²) in [5.41, 5.74) is 1.72. The number of ether oxygens (including phenoxy) is 1. The number of hydrogen-bond donors (Lipinski definition) is 0. The molecule has 6 heteroatoms. The lowest BCUT2D eigenvalue weighted by Gasteiger charge is -2.33. The van der Waals surface area contributed by atoms with Crippen LogP contribution in [0.4, 0.5) is 5.69 Å². The van der Waals surface area contributed by atoms with Crippen molar-refractivity contribution in [2.24, 2.45) is 0 Å². The number of hydrogen-bond acceptors (Lipinski definition) is 3. The van der Waals surface area contributed by atoms with Crippen molar-refractivity contribution < 1.29 is 9.53 Å². The minimum absolute atomic E-state index is 0.0437. The topological polar surface area (TPSA) is 32.8 Å². The van der Waals surface area contributed by atoms with Gasteiger partial charge in [0.1, 0.15) is 5.75 Å². The van der Waals surface area contributed by atoms with E-state index in [1.165, 1.54) is 6.42 Å². The highest BCUT2D eigenvalue weighted by molar-refractivity contribution is 6.31. The van der Waals surface area contributed by atoms with E-state index in [0.29, 0.717) is 16.6 Å². The second-order valence-corrected chi connectivity index (χ2v) is 9.21. The van der Waals surface area contributed by atoms with Crippen molar-refractivity contribution in [3.63, 3.8) is 0 Å². The number of benzene rings is 1. The number of allylic oxidation sites excluding steroid dienone is 2. The summed E-state index contributed by atoms with van der Waals surface area (Å²) in [5.74, 6) is 0.816. The molecule has 1 aromatic carbocycles. The molecule has 1 atom stereocenters. The van der Waals surface area contributed by atoms with Gasteiger partial charge in [-0.25, -0.2) is 0 Å². The summed E-state index contributed by atoms with van der Waals surface area (Å²) >= 11 is 12.3. The van der Waals surface area contributed by atoms with Crippen LogP contribution in [0, 0.1) is 0 Å². The number of carbonyl (C=O) groups excluding carboxylic acids is 1. The maximum Gasteiger partial charge on any atom is 0.244 e. The molecule has 1 aliphatic carbocycles. The number of amides is 1. The van der Waals surface area contributed by atoms with Crippen LogP contribution < -0.4 is 9.64 Å². The Balaban J connectivity index is 2.22. The van der Waals surface area contributed by atoms with Gasteiger partial charge in [-0.05, 0) is 70.4 Å². The van der Waals surface area contributed by atoms with Gasteiger partial charge >= 0.3 is 0 Å². The van der Waals surface area contributed by atoms with Crippen LogP contribution in [-0.4, -0.2) is 43.6 Å². The van der Waals surface area contributed by atoms with E-state index in [-0.39, 0.29) is 18.1 Å². The van der Waals surface area contributed by atoms with Crippen LogP contribution in [-0.2, 0) is 4.79 Å². The molecule has 1 aliphatic rings. The van der Waals surface area contributed by atoms with E-state index in [1.54, 1.807) is 4.90 Å². The lowest BCUT2D eigenvalue weighted by molar-refractivity contribution is -0.123. The van der Waals surface area contributed by atoms with Crippen molar-refractivity contribution in [1.29, 1.82) is 0 Å². The number of likely N-dealkylation sites (N-methyl/N-ethyl adjacent to an activating group) is 2.